The lowest BCUT2D eigenvalue weighted by Gasteiger charge is -2.30. The van der Waals surface area contributed by atoms with Crippen molar-refractivity contribution in [2.45, 2.75) is 25.7 Å². The van der Waals surface area contributed by atoms with E-state index in [0.29, 0.717) is 0 Å². The van der Waals surface area contributed by atoms with Crippen molar-refractivity contribution in [3.05, 3.63) is 35.4 Å². The molecular formula is C17H20N2. The molecular weight excluding hydrogens is 232 g/mol. The summed E-state index contributed by atoms with van der Waals surface area (Å²) in [5.41, 5.74) is 2.08. The highest BCUT2D eigenvalue weighted by Crippen LogP contribution is 2.22. The maximum absolute atomic E-state index is 8.76. The predicted molar refractivity (Wildman–Crippen MR) is 77.5 cm³/mol. The maximum Gasteiger partial charge on any atom is 0.0991 e. The molecule has 1 aromatic rings. The molecule has 1 aliphatic heterocycles. The molecule has 0 N–H and O–H groups in total. The number of hydrogen-bond acceptors (Lipinski definition) is 2. The van der Waals surface area contributed by atoms with E-state index in [0.717, 1.165) is 37.5 Å². The van der Waals surface area contributed by atoms with Crippen molar-refractivity contribution in [3.8, 4) is 18.4 Å². The van der Waals surface area contributed by atoms with E-state index < -0.39 is 0 Å². The lowest BCUT2D eigenvalue weighted by atomic mass is 9.90. The highest BCUT2D eigenvalue weighted by atomic mass is 15.1. The molecule has 0 radical (unpaired) electrons. The van der Waals surface area contributed by atoms with E-state index in [2.05, 4.69) is 29.0 Å². The fourth-order valence-corrected chi connectivity index (χ4v) is 2.68. The average molecular weight is 252 g/mol. The molecule has 2 rings (SSSR count). The first-order valence-corrected chi connectivity index (χ1v) is 6.96. The quantitative estimate of drug-likeness (QED) is 0.770. The van der Waals surface area contributed by atoms with Gasteiger partial charge in [-0.05, 0) is 62.4 Å². The molecule has 1 heterocycles. The molecule has 0 unspecified atom stereocenters. The molecule has 2 heteroatoms. The van der Waals surface area contributed by atoms with Crippen LogP contribution in [0.5, 0.6) is 0 Å². The molecule has 1 saturated heterocycles. The first kappa shape index (κ1) is 13.7. The van der Waals surface area contributed by atoms with Crippen LogP contribution in [-0.4, -0.2) is 24.5 Å². The molecule has 1 aromatic carbocycles. The topological polar surface area (TPSA) is 27.0 Å². The van der Waals surface area contributed by atoms with Crippen LogP contribution in [0.2, 0.25) is 0 Å². The van der Waals surface area contributed by atoms with Crippen LogP contribution in [0.3, 0.4) is 0 Å². The Bertz CT molecular complexity index is 467. The summed E-state index contributed by atoms with van der Waals surface area (Å²) in [4.78, 5) is 2.36. The minimum absolute atomic E-state index is 0.742. The fraction of sp³-hybridized carbons (Fsp3) is 0.471. The first-order chi connectivity index (χ1) is 9.31. The van der Waals surface area contributed by atoms with E-state index in [4.69, 9.17) is 11.7 Å². The van der Waals surface area contributed by atoms with Gasteiger partial charge >= 0.3 is 0 Å². The number of piperidine rings is 1. The molecule has 1 aliphatic rings. The van der Waals surface area contributed by atoms with Gasteiger partial charge in [0, 0.05) is 0 Å². The Morgan fingerprint density at radius 1 is 1.21 bits per heavy atom. The number of terminal acetylenes is 1. The van der Waals surface area contributed by atoms with Gasteiger partial charge in [0.2, 0.25) is 0 Å². The van der Waals surface area contributed by atoms with Crippen LogP contribution in [0.1, 0.15) is 30.4 Å². The van der Waals surface area contributed by atoms with Gasteiger partial charge in [0.15, 0.2) is 0 Å². The lowest BCUT2D eigenvalue weighted by molar-refractivity contribution is 0.197. The third kappa shape index (κ3) is 4.12. The number of likely N-dealkylation sites (tertiary alicyclic amines) is 1. The standard InChI is InChI=1S/C17H20N2/c1-2-11-19-12-9-16(10-13-19)4-3-15-5-7-17(14-18)8-6-15/h1,5-8,16H,3-4,9-13H2. The molecule has 0 amide bonds. The van der Waals surface area contributed by atoms with Gasteiger partial charge in [-0.15, -0.1) is 6.42 Å². The number of benzene rings is 1. The van der Waals surface area contributed by atoms with Crippen LogP contribution in [-0.2, 0) is 6.42 Å². The van der Waals surface area contributed by atoms with E-state index in [1.807, 2.05) is 12.1 Å². The van der Waals surface area contributed by atoms with E-state index in [-0.39, 0.29) is 0 Å². The number of nitriles is 1. The van der Waals surface area contributed by atoms with E-state index >= 15 is 0 Å². The van der Waals surface area contributed by atoms with Crippen molar-refractivity contribution in [2.24, 2.45) is 5.92 Å². The summed E-state index contributed by atoms with van der Waals surface area (Å²) in [6.07, 6.45) is 10.2. The van der Waals surface area contributed by atoms with Crippen LogP contribution in [0.4, 0.5) is 0 Å². The summed E-state index contributed by atoms with van der Waals surface area (Å²) in [6, 6.07) is 10.1. The van der Waals surface area contributed by atoms with Crippen LogP contribution in [0, 0.1) is 29.6 Å². The van der Waals surface area contributed by atoms with E-state index in [1.165, 1.54) is 24.8 Å². The Kier molecular flexibility index (Phi) is 5.01. The van der Waals surface area contributed by atoms with Crippen LogP contribution < -0.4 is 0 Å². The van der Waals surface area contributed by atoms with Gasteiger partial charge in [0.25, 0.3) is 0 Å². The van der Waals surface area contributed by atoms with Crippen LogP contribution in [0.15, 0.2) is 24.3 Å². The minimum atomic E-state index is 0.742. The van der Waals surface area contributed by atoms with E-state index in [9.17, 15) is 0 Å². The molecule has 0 bridgehead atoms. The van der Waals surface area contributed by atoms with Gasteiger partial charge in [-0.25, -0.2) is 0 Å². The van der Waals surface area contributed by atoms with Crippen molar-refractivity contribution in [3.63, 3.8) is 0 Å². The highest BCUT2D eigenvalue weighted by Gasteiger charge is 2.18. The Morgan fingerprint density at radius 2 is 1.89 bits per heavy atom. The summed E-state index contributed by atoms with van der Waals surface area (Å²) in [5.74, 6) is 3.54. The van der Waals surface area contributed by atoms with Crippen molar-refractivity contribution >= 4 is 0 Å². The second kappa shape index (κ2) is 6.98. The molecule has 0 atom stereocenters. The summed E-state index contributed by atoms with van der Waals surface area (Å²) < 4.78 is 0. The van der Waals surface area contributed by atoms with Gasteiger partial charge in [-0.1, -0.05) is 18.1 Å². The lowest BCUT2D eigenvalue weighted by Crippen LogP contribution is -2.34. The molecule has 2 nitrogen and oxygen atoms in total. The summed E-state index contributed by atoms with van der Waals surface area (Å²) >= 11 is 0. The molecule has 0 aromatic heterocycles. The SMILES string of the molecule is C#CCN1CCC(CCc2ccc(C#N)cc2)CC1. The molecule has 0 saturated carbocycles. The first-order valence-electron chi connectivity index (χ1n) is 6.96. The Morgan fingerprint density at radius 3 is 2.47 bits per heavy atom. The number of nitrogens with zero attached hydrogens (tertiary/aromatic N) is 2. The highest BCUT2D eigenvalue weighted by molar-refractivity contribution is 5.31. The summed E-state index contributed by atoms with van der Waals surface area (Å²) in [5, 5.41) is 8.76. The molecule has 98 valence electrons. The Balaban J connectivity index is 1.74. The maximum atomic E-state index is 8.76. The Hall–Kier alpha value is -1.77. The van der Waals surface area contributed by atoms with Gasteiger partial charge in [0.05, 0.1) is 18.2 Å². The number of rotatable bonds is 4. The zero-order valence-corrected chi connectivity index (χ0v) is 11.3. The summed E-state index contributed by atoms with van der Waals surface area (Å²) in [6.45, 7) is 3.08. The van der Waals surface area contributed by atoms with Gasteiger partial charge in [0.1, 0.15) is 0 Å². The summed E-state index contributed by atoms with van der Waals surface area (Å²) in [7, 11) is 0. The molecule has 1 fully saturated rings. The monoisotopic (exact) mass is 252 g/mol. The van der Waals surface area contributed by atoms with Crippen molar-refractivity contribution in [1.29, 1.82) is 5.26 Å². The molecule has 19 heavy (non-hydrogen) atoms. The van der Waals surface area contributed by atoms with Gasteiger partial charge in [-0.2, -0.15) is 5.26 Å². The normalized spacial score (nSPS) is 16.7. The fourth-order valence-electron chi connectivity index (χ4n) is 2.68. The molecule has 0 aliphatic carbocycles. The zero-order valence-electron chi connectivity index (χ0n) is 11.3. The van der Waals surface area contributed by atoms with Gasteiger partial charge in [-0.3, -0.25) is 4.90 Å². The smallest absolute Gasteiger partial charge is 0.0991 e. The second-order valence-corrected chi connectivity index (χ2v) is 5.27. The van der Waals surface area contributed by atoms with E-state index in [1.54, 1.807) is 0 Å². The third-order valence-corrected chi connectivity index (χ3v) is 3.95. The predicted octanol–water partition coefficient (Wildman–Crippen LogP) is 2.84. The van der Waals surface area contributed by atoms with Crippen molar-refractivity contribution in [1.82, 2.24) is 4.90 Å². The van der Waals surface area contributed by atoms with Crippen molar-refractivity contribution in [2.75, 3.05) is 19.6 Å². The molecule has 0 spiro atoms. The van der Waals surface area contributed by atoms with Crippen LogP contribution in [0.25, 0.3) is 0 Å². The third-order valence-electron chi connectivity index (χ3n) is 3.95. The largest absolute Gasteiger partial charge is 0.292 e. The minimum Gasteiger partial charge on any atom is -0.292 e. The van der Waals surface area contributed by atoms with Gasteiger partial charge < -0.3 is 0 Å². The number of hydrogen-bond donors (Lipinski definition) is 0. The van der Waals surface area contributed by atoms with Crippen LogP contribution >= 0.6 is 0 Å². The number of aryl methyl sites for hydroxylation is 1. The van der Waals surface area contributed by atoms with Crippen molar-refractivity contribution < 1.29 is 0 Å². The average Bonchev–Trinajstić information content (AvgIpc) is 2.47. The zero-order chi connectivity index (χ0) is 13.5. The second-order valence-electron chi connectivity index (χ2n) is 5.27. The Labute approximate surface area is 116 Å².